The van der Waals surface area contributed by atoms with Gasteiger partial charge in [-0.3, -0.25) is 0 Å². The Bertz CT molecular complexity index is 2990. The van der Waals surface area contributed by atoms with Gasteiger partial charge in [0.25, 0.3) is 0 Å². The summed E-state index contributed by atoms with van der Waals surface area (Å²) in [6, 6.07) is 51.4. The van der Waals surface area contributed by atoms with E-state index in [1.165, 1.54) is 75.7 Å². The number of nitrogens with zero attached hydrogens (tertiary/aromatic N) is 1. The van der Waals surface area contributed by atoms with Gasteiger partial charge >= 0.3 is 0 Å². The molecule has 1 aliphatic rings. The number of fused-ring (bicyclic) bond motifs is 13. The summed E-state index contributed by atoms with van der Waals surface area (Å²) < 4.78 is 11.9. The van der Waals surface area contributed by atoms with E-state index in [1.807, 2.05) is 11.3 Å². The predicted molar refractivity (Wildman–Crippen MR) is 204 cm³/mol. The molecule has 3 aromatic heterocycles. The van der Waals surface area contributed by atoms with Gasteiger partial charge in [0.05, 0.1) is 16.4 Å². The molecule has 0 amide bonds. The fourth-order valence-electron chi connectivity index (χ4n) is 8.55. The molecule has 0 spiro atoms. The van der Waals surface area contributed by atoms with Crippen LogP contribution in [-0.2, 0) is 5.41 Å². The molecule has 0 N–H and O–H groups in total. The summed E-state index contributed by atoms with van der Waals surface area (Å²) in [5.74, 6) is 0. The summed E-state index contributed by atoms with van der Waals surface area (Å²) in [5.41, 5.74) is 13.1. The van der Waals surface area contributed by atoms with Gasteiger partial charge in [-0.15, -0.1) is 11.3 Å². The smallest absolute Gasteiger partial charge is 0.145 e. The second kappa shape index (κ2) is 9.25. The second-order valence-corrected chi connectivity index (χ2v) is 14.8. The Hall–Kier alpha value is -5.64. The van der Waals surface area contributed by atoms with Gasteiger partial charge in [0.2, 0.25) is 0 Å². The summed E-state index contributed by atoms with van der Waals surface area (Å²) in [6.07, 6.45) is 0. The zero-order valence-corrected chi connectivity index (χ0v) is 27.4. The molecular formula is C45H29NOS. The first-order valence-corrected chi connectivity index (χ1v) is 17.4. The maximum atomic E-state index is 6.77. The van der Waals surface area contributed by atoms with Crippen LogP contribution in [0.3, 0.4) is 0 Å². The summed E-state index contributed by atoms with van der Waals surface area (Å²) in [4.78, 5) is 0. The Balaban J connectivity index is 1.30. The van der Waals surface area contributed by atoms with E-state index in [2.05, 4.69) is 158 Å². The topological polar surface area (TPSA) is 18.1 Å². The molecule has 0 saturated heterocycles. The normalized spacial score (nSPS) is 13.8. The first-order valence-electron chi connectivity index (χ1n) is 16.6. The van der Waals surface area contributed by atoms with Crippen molar-refractivity contribution < 1.29 is 4.42 Å². The molecule has 0 unspecified atom stereocenters. The maximum absolute atomic E-state index is 6.77. The van der Waals surface area contributed by atoms with Crippen molar-refractivity contribution >= 4 is 75.3 Å². The van der Waals surface area contributed by atoms with Crippen molar-refractivity contribution in [3.63, 3.8) is 0 Å². The molecular weight excluding hydrogens is 603 g/mol. The Morgan fingerprint density at radius 2 is 1.27 bits per heavy atom. The Kier molecular flexibility index (Phi) is 5.09. The van der Waals surface area contributed by atoms with Crippen molar-refractivity contribution in [2.75, 3.05) is 0 Å². The van der Waals surface area contributed by atoms with Crippen LogP contribution >= 0.6 is 11.3 Å². The van der Waals surface area contributed by atoms with Gasteiger partial charge in [-0.2, -0.15) is 0 Å². The van der Waals surface area contributed by atoms with Crippen molar-refractivity contribution in [1.82, 2.24) is 4.57 Å². The van der Waals surface area contributed by atoms with Gasteiger partial charge < -0.3 is 8.98 Å². The minimum Gasteiger partial charge on any atom is -0.455 e. The molecule has 226 valence electrons. The quantitative estimate of drug-likeness (QED) is 0.186. The van der Waals surface area contributed by atoms with Gasteiger partial charge in [0.1, 0.15) is 11.2 Å². The summed E-state index contributed by atoms with van der Waals surface area (Å²) in [6.45, 7) is 4.72. The number of benzene rings is 7. The van der Waals surface area contributed by atoms with Gasteiger partial charge in [0, 0.05) is 53.0 Å². The van der Waals surface area contributed by atoms with Crippen LogP contribution < -0.4 is 0 Å². The molecule has 2 nitrogen and oxygen atoms in total. The monoisotopic (exact) mass is 631 g/mol. The van der Waals surface area contributed by atoms with Crippen molar-refractivity contribution in [1.29, 1.82) is 0 Å². The third-order valence-electron chi connectivity index (χ3n) is 10.8. The summed E-state index contributed by atoms with van der Waals surface area (Å²) >= 11 is 1.86. The summed E-state index contributed by atoms with van der Waals surface area (Å²) in [5, 5.41) is 7.27. The van der Waals surface area contributed by atoms with Crippen LogP contribution in [0.15, 0.2) is 144 Å². The number of aromatic nitrogens is 1. The van der Waals surface area contributed by atoms with Gasteiger partial charge in [-0.1, -0.05) is 105 Å². The highest BCUT2D eigenvalue weighted by atomic mass is 32.1. The standard InChI is InChI=1S/C45H29NOS/c1-45(2)36-15-7-3-11-28(36)29-21-20-27(24-37(29)45)46-38-16-8-4-14-32(38)42-43(46)33(25-35-30-12-5-9-17-39(30)47-44(35)42)26-19-22-41-34(23-26)31-13-6-10-18-40(31)48-41/h3-25H,1-2H3. The Labute approximate surface area is 281 Å². The first-order chi connectivity index (χ1) is 23.6. The lowest BCUT2D eigenvalue weighted by Gasteiger charge is -2.22. The molecule has 0 fully saturated rings. The van der Waals surface area contributed by atoms with Gasteiger partial charge in [0.15, 0.2) is 0 Å². The maximum Gasteiger partial charge on any atom is 0.145 e. The van der Waals surface area contributed by atoms with Crippen LogP contribution in [0.2, 0.25) is 0 Å². The Morgan fingerprint density at radius 1 is 0.542 bits per heavy atom. The van der Waals surface area contributed by atoms with Crippen LogP contribution in [0, 0.1) is 0 Å². The van der Waals surface area contributed by atoms with Gasteiger partial charge in [-0.05, 0) is 76.3 Å². The largest absolute Gasteiger partial charge is 0.455 e. The lowest BCUT2D eigenvalue weighted by Crippen LogP contribution is -2.15. The van der Waals surface area contributed by atoms with Crippen molar-refractivity contribution in [3.8, 4) is 27.9 Å². The molecule has 0 aliphatic heterocycles. The van der Waals surface area contributed by atoms with E-state index in [0.717, 1.165) is 27.3 Å². The van der Waals surface area contributed by atoms with E-state index in [0.29, 0.717) is 0 Å². The molecule has 11 rings (SSSR count). The number of furan rings is 1. The molecule has 10 aromatic rings. The fourth-order valence-corrected chi connectivity index (χ4v) is 9.63. The molecule has 7 aromatic carbocycles. The van der Waals surface area contributed by atoms with E-state index >= 15 is 0 Å². The van der Waals surface area contributed by atoms with E-state index in [1.54, 1.807) is 0 Å². The molecule has 1 aliphatic carbocycles. The SMILES string of the molecule is CC1(C)c2ccccc2-c2ccc(-n3c4ccccc4c4c5oc6ccccc6c5cc(-c5ccc6sc7ccccc7c6c5)c43)cc21. The van der Waals surface area contributed by atoms with Crippen molar-refractivity contribution in [2.45, 2.75) is 19.3 Å². The van der Waals surface area contributed by atoms with Gasteiger partial charge in [-0.25, -0.2) is 0 Å². The third kappa shape index (κ3) is 3.36. The highest BCUT2D eigenvalue weighted by Crippen LogP contribution is 2.51. The first kappa shape index (κ1) is 26.4. The van der Waals surface area contributed by atoms with Crippen molar-refractivity contribution in [2.24, 2.45) is 0 Å². The zero-order valence-electron chi connectivity index (χ0n) is 26.5. The fraction of sp³-hybridized carbons (Fsp3) is 0.0667. The van der Waals surface area contributed by atoms with E-state index in [-0.39, 0.29) is 5.41 Å². The van der Waals surface area contributed by atoms with Crippen molar-refractivity contribution in [3.05, 3.63) is 151 Å². The van der Waals surface area contributed by atoms with Crippen LogP contribution in [0.25, 0.3) is 91.9 Å². The molecule has 0 atom stereocenters. The number of para-hydroxylation sites is 2. The highest BCUT2D eigenvalue weighted by molar-refractivity contribution is 7.25. The predicted octanol–water partition coefficient (Wildman–Crippen LogP) is 13.0. The van der Waals surface area contributed by atoms with Crippen LogP contribution in [0.1, 0.15) is 25.0 Å². The summed E-state index contributed by atoms with van der Waals surface area (Å²) in [7, 11) is 0. The highest BCUT2D eigenvalue weighted by Gasteiger charge is 2.35. The van der Waals surface area contributed by atoms with E-state index in [9.17, 15) is 0 Å². The average Bonchev–Trinajstić information content (AvgIpc) is 3.85. The molecule has 0 saturated carbocycles. The number of hydrogen-bond donors (Lipinski definition) is 0. The molecule has 3 heterocycles. The molecule has 3 heteroatoms. The van der Waals surface area contributed by atoms with Crippen LogP contribution in [-0.4, -0.2) is 4.57 Å². The number of thiophene rings is 1. The second-order valence-electron chi connectivity index (χ2n) is 13.7. The Morgan fingerprint density at radius 3 is 2.19 bits per heavy atom. The minimum absolute atomic E-state index is 0.0967. The lowest BCUT2D eigenvalue weighted by molar-refractivity contribution is 0.660. The van der Waals surface area contributed by atoms with E-state index < -0.39 is 0 Å². The molecule has 0 bridgehead atoms. The van der Waals surface area contributed by atoms with E-state index in [4.69, 9.17) is 4.42 Å². The molecule has 48 heavy (non-hydrogen) atoms. The zero-order chi connectivity index (χ0) is 31.7. The number of rotatable bonds is 2. The minimum atomic E-state index is -0.0967. The lowest BCUT2D eigenvalue weighted by atomic mass is 9.82. The molecule has 0 radical (unpaired) electrons. The number of hydrogen-bond acceptors (Lipinski definition) is 2. The average molecular weight is 632 g/mol. The third-order valence-corrected chi connectivity index (χ3v) is 11.9. The van der Waals surface area contributed by atoms with Crippen LogP contribution in [0.5, 0.6) is 0 Å². The van der Waals surface area contributed by atoms with Crippen LogP contribution in [0.4, 0.5) is 0 Å².